The van der Waals surface area contributed by atoms with Crippen LogP contribution in [0.4, 0.5) is 5.69 Å². The van der Waals surface area contributed by atoms with E-state index in [4.69, 9.17) is 4.42 Å². The first-order valence-electron chi connectivity index (χ1n) is 9.83. The molecule has 1 aromatic heterocycles. The molecule has 0 saturated heterocycles. The molecule has 5 nitrogen and oxygen atoms in total. The second kappa shape index (κ2) is 7.80. The molecule has 5 rings (SSSR count). The average molecular weight is 406 g/mol. The maximum atomic E-state index is 12.6. The zero-order valence-electron chi connectivity index (χ0n) is 16.4. The second-order valence-electron chi connectivity index (χ2n) is 7.12. The summed E-state index contributed by atoms with van der Waals surface area (Å²) < 4.78 is 5.71. The van der Waals surface area contributed by atoms with Gasteiger partial charge in [0, 0.05) is 17.3 Å². The zero-order valence-corrected chi connectivity index (χ0v) is 16.4. The smallest absolute Gasteiger partial charge is 0.255 e. The Morgan fingerprint density at radius 1 is 0.806 bits per heavy atom. The predicted octanol–water partition coefficient (Wildman–Crippen LogP) is 6.12. The molecule has 0 aliphatic carbocycles. The molecule has 0 aliphatic heterocycles. The number of hydrogen-bond acceptors (Lipinski definition) is 4. The minimum absolute atomic E-state index is 0.0243. The number of rotatable bonds is 4. The lowest BCUT2D eigenvalue weighted by atomic mass is 10.0. The molecule has 0 fully saturated rings. The fraction of sp³-hybridized carbons (Fsp3) is 0. The van der Waals surface area contributed by atoms with Crippen LogP contribution in [0.1, 0.15) is 10.4 Å². The van der Waals surface area contributed by atoms with Crippen LogP contribution in [0, 0.1) is 0 Å². The highest BCUT2D eigenvalue weighted by molar-refractivity contribution is 6.04. The maximum absolute atomic E-state index is 12.6. The van der Waals surface area contributed by atoms with E-state index < -0.39 is 0 Å². The number of aromatic hydroxyl groups is 1. The van der Waals surface area contributed by atoms with Crippen LogP contribution in [0.25, 0.3) is 33.7 Å². The van der Waals surface area contributed by atoms with Crippen LogP contribution < -0.4 is 5.32 Å². The van der Waals surface area contributed by atoms with Crippen molar-refractivity contribution in [3.63, 3.8) is 0 Å². The minimum Gasteiger partial charge on any atom is -0.507 e. The normalized spacial score (nSPS) is 10.8. The Morgan fingerprint density at radius 2 is 1.52 bits per heavy atom. The van der Waals surface area contributed by atoms with Crippen molar-refractivity contribution < 1.29 is 14.3 Å². The first kappa shape index (κ1) is 18.6. The van der Waals surface area contributed by atoms with E-state index in [0.717, 1.165) is 11.1 Å². The fourth-order valence-corrected chi connectivity index (χ4v) is 3.43. The number of oxazole rings is 1. The van der Waals surface area contributed by atoms with Gasteiger partial charge in [-0.05, 0) is 47.5 Å². The van der Waals surface area contributed by atoms with Crippen LogP contribution >= 0.6 is 0 Å². The lowest BCUT2D eigenvalue weighted by Crippen LogP contribution is -2.11. The average Bonchev–Trinajstić information content (AvgIpc) is 3.24. The van der Waals surface area contributed by atoms with Crippen molar-refractivity contribution in [1.82, 2.24) is 4.98 Å². The number of carbonyl (C=O) groups is 1. The van der Waals surface area contributed by atoms with Gasteiger partial charge in [0.1, 0.15) is 11.3 Å². The topological polar surface area (TPSA) is 75.4 Å². The number of nitrogens with zero attached hydrogens (tertiary/aromatic N) is 1. The third kappa shape index (κ3) is 3.76. The van der Waals surface area contributed by atoms with Crippen LogP contribution in [0.15, 0.2) is 101 Å². The fourth-order valence-electron chi connectivity index (χ4n) is 3.43. The number of amides is 1. The Hall–Kier alpha value is -4.38. The number of carbonyl (C=O) groups excluding carboxylic acids is 1. The third-order valence-electron chi connectivity index (χ3n) is 5.03. The Bertz CT molecular complexity index is 1340. The summed E-state index contributed by atoms with van der Waals surface area (Å²) in [5.74, 6) is 0.0467. The van der Waals surface area contributed by atoms with Gasteiger partial charge in [0.05, 0.1) is 5.56 Å². The quantitative estimate of drug-likeness (QED) is 0.377. The van der Waals surface area contributed by atoms with E-state index in [9.17, 15) is 9.90 Å². The number of para-hydroxylation sites is 2. The molecule has 0 spiro atoms. The first-order chi connectivity index (χ1) is 15.2. The number of benzene rings is 4. The van der Waals surface area contributed by atoms with Crippen molar-refractivity contribution in [1.29, 1.82) is 0 Å². The van der Waals surface area contributed by atoms with E-state index in [2.05, 4.69) is 10.3 Å². The first-order valence-corrected chi connectivity index (χ1v) is 9.83. The largest absolute Gasteiger partial charge is 0.507 e. The van der Waals surface area contributed by atoms with E-state index in [1.807, 2.05) is 66.7 Å². The van der Waals surface area contributed by atoms with Crippen molar-refractivity contribution >= 4 is 22.7 Å². The summed E-state index contributed by atoms with van der Waals surface area (Å²) in [5, 5.41) is 13.3. The predicted molar refractivity (Wildman–Crippen MR) is 121 cm³/mol. The number of phenols is 1. The lowest BCUT2D eigenvalue weighted by Gasteiger charge is -2.08. The lowest BCUT2D eigenvalue weighted by molar-refractivity contribution is 0.102. The van der Waals surface area contributed by atoms with Gasteiger partial charge in [0.25, 0.3) is 5.91 Å². The molecule has 5 aromatic rings. The summed E-state index contributed by atoms with van der Waals surface area (Å²) in [4.78, 5) is 17.0. The molecule has 0 unspecified atom stereocenters. The molecule has 4 aromatic carbocycles. The van der Waals surface area contributed by atoms with E-state index in [-0.39, 0.29) is 11.7 Å². The van der Waals surface area contributed by atoms with Crippen LogP contribution in [0.2, 0.25) is 0 Å². The van der Waals surface area contributed by atoms with Gasteiger partial charge < -0.3 is 14.8 Å². The van der Waals surface area contributed by atoms with E-state index in [0.29, 0.717) is 33.8 Å². The molecule has 150 valence electrons. The van der Waals surface area contributed by atoms with E-state index >= 15 is 0 Å². The van der Waals surface area contributed by atoms with E-state index in [1.165, 1.54) is 6.07 Å². The van der Waals surface area contributed by atoms with Crippen LogP contribution in [0.3, 0.4) is 0 Å². The number of aromatic nitrogens is 1. The molecule has 2 N–H and O–H groups in total. The number of phenolic OH excluding ortho intramolecular Hbond substituents is 1. The highest BCUT2D eigenvalue weighted by Crippen LogP contribution is 2.33. The second-order valence-corrected chi connectivity index (χ2v) is 7.12. The molecule has 1 amide bonds. The molecule has 5 heteroatoms. The van der Waals surface area contributed by atoms with Crippen molar-refractivity contribution in [2.24, 2.45) is 0 Å². The molecule has 0 saturated carbocycles. The van der Waals surface area contributed by atoms with E-state index in [1.54, 1.807) is 24.3 Å². The number of anilines is 1. The zero-order chi connectivity index (χ0) is 21.2. The SMILES string of the molecule is O=C(Nc1ccc(-c2nc3ccccc3o2)c(O)c1)c1ccc(-c2ccccc2)cc1. The van der Waals surface area contributed by atoms with Crippen molar-refractivity contribution in [3.8, 4) is 28.3 Å². The summed E-state index contributed by atoms with van der Waals surface area (Å²) in [7, 11) is 0. The van der Waals surface area contributed by atoms with Gasteiger partial charge in [-0.2, -0.15) is 0 Å². The van der Waals surface area contributed by atoms with Gasteiger partial charge in [-0.3, -0.25) is 4.79 Å². The minimum atomic E-state index is -0.256. The Balaban J connectivity index is 1.34. The third-order valence-corrected chi connectivity index (χ3v) is 5.03. The van der Waals surface area contributed by atoms with Gasteiger partial charge in [0.15, 0.2) is 5.58 Å². The highest BCUT2D eigenvalue weighted by atomic mass is 16.3. The van der Waals surface area contributed by atoms with Gasteiger partial charge in [-0.15, -0.1) is 0 Å². The Kier molecular flexibility index (Phi) is 4.69. The number of fused-ring (bicyclic) bond motifs is 1. The number of hydrogen-bond donors (Lipinski definition) is 2. The summed E-state index contributed by atoms with van der Waals surface area (Å²) in [6.45, 7) is 0. The van der Waals surface area contributed by atoms with Crippen LogP contribution in [-0.2, 0) is 0 Å². The van der Waals surface area contributed by atoms with Crippen molar-refractivity contribution in [3.05, 3.63) is 103 Å². The standard InChI is InChI=1S/C26H18N2O3/c29-23-16-20(14-15-21(23)26-28-22-8-4-5-9-24(22)31-26)27-25(30)19-12-10-18(11-13-19)17-6-2-1-3-7-17/h1-16,29H,(H,27,30). The molecule has 0 atom stereocenters. The molecular formula is C26H18N2O3. The molecular weight excluding hydrogens is 388 g/mol. The van der Waals surface area contributed by atoms with Crippen LogP contribution in [-0.4, -0.2) is 16.0 Å². The summed E-state index contributed by atoms with van der Waals surface area (Å²) in [6.07, 6.45) is 0. The van der Waals surface area contributed by atoms with Gasteiger partial charge >= 0.3 is 0 Å². The summed E-state index contributed by atoms with van der Waals surface area (Å²) in [6, 6.07) is 29.6. The van der Waals surface area contributed by atoms with Crippen molar-refractivity contribution in [2.45, 2.75) is 0 Å². The highest BCUT2D eigenvalue weighted by Gasteiger charge is 2.14. The van der Waals surface area contributed by atoms with Gasteiger partial charge in [-0.1, -0.05) is 54.6 Å². The van der Waals surface area contributed by atoms with Crippen LogP contribution in [0.5, 0.6) is 5.75 Å². The van der Waals surface area contributed by atoms with Crippen molar-refractivity contribution in [2.75, 3.05) is 5.32 Å². The molecule has 1 heterocycles. The Morgan fingerprint density at radius 3 is 2.26 bits per heavy atom. The summed E-state index contributed by atoms with van der Waals surface area (Å²) >= 11 is 0. The van der Waals surface area contributed by atoms with Gasteiger partial charge in [0.2, 0.25) is 5.89 Å². The summed E-state index contributed by atoms with van der Waals surface area (Å²) in [5.41, 5.74) is 4.96. The monoisotopic (exact) mass is 406 g/mol. The Labute approximate surface area is 178 Å². The molecule has 0 radical (unpaired) electrons. The molecule has 0 bridgehead atoms. The molecule has 31 heavy (non-hydrogen) atoms. The molecule has 0 aliphatic rings. The van der Waals surface area contributed by atoms with Gasteiger partial charge in [-0.25, -0.2) is 4.98 Å². The maximum Gasteiger partial charge on any atom is 0.255 e. The number of nitrogens with one attached hydrogen (secondary N) is 1.